The van der Waals surface area contributed by atoms with Crippen LogP contribution in [0.2, 0.25) is 5.02 Å². The fourth-order valence-corrected chi connectivity index (χ4v) is 2.05. The summed E-state index contributed by atoms with van der Waals surface area (Å²) in [5.74, 6) is 0.859. The summed E-state index contributed by atoms with van der Waals surface area (Å²) < 4.78 is 6.40. The zero-order valence-corrected chi connectivity index (χ0v) is 8.74. The van der Waals surface area contributed by atoms with Gasteiger partial charge in [-0.05, 0) is 35.0 Å². The van der Waals surface area contributed by atoms with Crippen molar-refractivity contribution in [3.05, 3.63) is 33.5 Å². The van der Waals surface area contributed by atoms with Crippen LogP contribution in [0.4, 0.5) is 0 Å². The molecule has 0 saturated heterocycles. The van der Waals surface area contributed by atoms with Gasteiger partial charge in [-0.25, -0.2) is 0 Å². The van der Waals surface area contributed by atoms with Gasteiger partial charge in [-0.3, -0.25) is 0 Å². The maximum atomic E-state index is 5.99. The van der Waals surface area contributed by atoms with Gasteiger partial charge < -0.3 is 4.42 Å². The largest absolute Gasteiger partial charge is 0.460 e. The lowest BCUT2D eigenvalue weighted by Gasteiger charge is -1.90. The highest BCUT2D eigenvalue weighted by Gasteiger charge is 2.10. The summed E-state index contributed by atoms with van der Waals surface area (Å²) in [4.78, 5) is 0. The Balaban J connectivity index is 2.97. The van der Waals surface area contributed by atoms with E-state index in [1.165, 1.54) is 0 Å². The molecule has 12 heavy (non-hydrogen) atoms. The predicted molar refractivity (Wildman–Crippen MR) is 53.7 cm³/mol. The maximum Gasteiger partial charge on any atom is 0.136 e. The van der Waals surface area contributed by atoms with Gasteiger partial charge in [-0.2, -0.15) is 0 Å². The second-order valence-electron chi connectivity index (χ2n) is 2.59. The lowest BCUT2D eigenvalue weighted by atomic mass is 10.2. The van der Waals surface area contributed by atoms with Crippen molar-refractivity contribution in [1.82, 2.24) is 0 Å². The smallest absolute Gasteiger partial charge is 0.136 e. The number of hydrogen-bond donors (Lipinski definition) is 0. The van der Waals surface area contributed by atoms with Crippen molar-refractivity contribution in [3.63, 3.8) is 0 Å². The van der Waals surface area contributed by atoms with Crippen LogP contribution in [-0.2, 0) is 0 Å². The molecule has 3 heteroatoms. The van der Waals surface area contributed by atoms with Crippen molar-refractivity contribution < 1.29 is 4.42 Å². The summed E-state index contributed by atoms with van der Waals surface area (Å²) in [6.45, 7) is 1.90. The highest BCUT2D eigenvalue weighted by molar-refractivity contribution is 9.10. The van der Waals surface area contributed by atoms with E-state index >= 15 is 0 Å². The molecule has 0 bridgehead atoms. The van der Waals surface area contributed by atoms with Gasteiger partial charge in [0.15, 0.2) is 0 Å². The Morgan fingerprint density at radius 3 is 2.83 bits per heavy atom. The van der Waals surface area contributed by atoms with Crippen LogP contribution in [0.5, 0.6) is 0 Å². The van der Waals surface area contributed by atoms with Crippen LogP contribution >= 0.6 is 27.5 Å². The Bertz CT molecular complexity index is 433. The molecule has 1 aromatic carbocycles. The summed E-state index contributed by atoms with van der Waals surface area (Å²) in [6.07, 6.45) is 0. The van der Waals surface area contributed by atoms with Gasteiger partial charge in [0.25, 0.3) is 0 Å². The fraction of sp³-hybridized carbons (Fsp3) is 0.111. The zero-order valence-electron chi connectivity index (χ0n) is 6.40. The van der Waals surface area contributed by atoms with Gasteiger partial charge >= 0.3 is 0 Å². The van der Waals surface area contributed by atoms with Crippen molar-refractivity contribution in [2.24, 2.45) is 0 Å². The van der Waals surface area contributed by atoms with Crippen LogP contribution in [0.15, 0.2) is 27.1 Å². The van der Waals surface area contributed by atoms with E-state index in [4.69, 9.17) is 16.0 Å². The number of benzene rings is 1. The molecule has 2 aromatic rings. The van der Waals surface area contributed by atoms with Crippen molar-refractivity contribution in [2.75, 3.05) is 0 Å². The van der Waals surface area contributed by atoms with E-state index < -0.39 is 0 Å². The first-order valence-electron chi connectivity index (χ1n) is 3.53. The van der Waals surface area contributed by atoms with E-state index in [-0.39, 0.29) is 0 Å². The average molecular weight is 246 g/mol. The predicted octanol–water partition coefficient (Wildman–Crippen LogP) is 4.16. The molecule has 0 N–H and O–H groups in total. The second-order valence-corrected chi connectivity index (χ2v) is 3.79. The first-order chi connectivity index (χ1) is 5.70. The first-order valence-corrected chi connectivity index (χ1v) is 4.70. The van der Waals surface area contributed by atoms with E-state index in [1.54, 1.807) is 0 Å². The lowest BCUT2D eigenvalue weighted by Crippen LogP contribution is -1.67. The Hall–Kier alpha value is -0.470. The van der Waals surface area contributed by atoms with Gasteiger partial charge in [0, 0.05) is 0 Å². The SMILES string of the molecule is Cc1oc2cccc(Cl)c2c1Br. The Morgan fingerprint density at radius 1 is 1.42 bits per heavy atom. The van der Waals surface area contributed by atoms with Crippen LogP contribution in [0, 0.1) is 6.92 Å². The highest BCUT2D eigenvalue weighted by Crippen LogP contribution is 2.34. The summed E-state index contributed by atoms with van der Waals surface area (Å²) in [7, 11) is 0. The molecule has 0 radical (unpaired) electrons. The third-order valence-electron chi connectivity index (χ3n) is 1.77. The van der Waals surface area contributed by atoms with E-state index in [2.05, 4.69) is 15.9 Å². The highest BCUT2D eigenvalue weighted by atomic mass is 79.9. The van der Waals surface area contributed by atoms with Gasteiger partial charge in [-0.1, -0.05) is 17.7 Å². The van der Waals surface area contributed by atoms with Crippen molar-refractivity contribution in [1.29, 1.82) is 0 Å². The maximum absolute atomic E-state index is 5.99. The number of halogens is 2. The molecule has 0 fully saturated rings. The van der Waals surface area contributed by atoms with E-state index in [9.17, 15) is 0 Å². The minimum absolute atomic E-state index is 0.719. The molecule has 0 atom stereocenters. The molecule has 0 aliphatic heterocycles. The summed E-state index contributed by atoms with van der Waals surface area (Å²) in [5, 5.41) is 1.67. The average Bonchev–Trinajstić information content (AvgIpc) is 2.29. The minimum atomic E-state index is 0.719. The van der Waals surface area contributed by atoms with Crippen molar-refractivity contribution in [3.8, 4) is 0 Å². The van der Waals surface area contributed by atoms with Gasteiger partial charge in [-0.15, -0.1) is 0 Å². The molecule has 0 spiro atoms. The lowest BCUT2D eigenvalue weighted by molar-refractivity contribution is 0.576. The Labute approximate surface area is 83.4 Å². The fourth-order valence-electron chi connectivity index (χ4n) is 1.19. The number of rotatable bonds is 0. The van der Waals surface area contributed by atoms with Crippen LogP contribution in [-0.4, -0.2) is 0 Å². The van der Waals surface area contributed by atoms with E-state index in [0.717, 1.165) is 26.2 Å². The van der Waals surface area contributed by atoms with Gasteiger partial charge in [0.1, 0.15) is 11.3 Å². The molecule has 62 valence electrons. The molecule has 0 unspecified atom stereocenters. The second kappa shape index (κ2) is 2.79. The molecule has 2 rings (SSSR count). The third-order valence-corrected chi connectivity index (χ3v) is 3.04. The van der Waals surface area contributed by atoms with Gasteiger partial charge in [0.2, 0.25) is 0 Å². The van der Waals surface area contributed by atoms with Crippen LogP contribution in [0.25, 0.3) is 11.0 Å². The number of aryl methyl sites for hydroxylation is 1. The monoisotopic (exact) mass is 244 g/mol. The molecular weight excluding hydrogens is 239 g/mol. The van der Waals surface area contributed by atoms with Crippen molar-refractivity contribution in [2.45, 2.75) is 6.92 Å². The molecule has 0 aliphatic rings. The molecule has 1 heterocycles. The summed E-state index contributed by atoms with van der Waals surface area (Å²) in [6, 6.07) is 5.63. The molecule has 1 aromatic heterocycles. The first kappa shape index (κ1) is 8.14. The number of fused-ring (bicyclic) bond motifs is 1. The molecule has 1 nitrogen and oxygen atoms in total. The minimum Gasteiger partial charge on any atom is -0.460 e. The number of furan rings is 1. The molecule has 0 saturated carbocycles. The Morgan fingerprint density at radius 2 is 2.17 bits per heavy atom. The number of hydrogen-bond acceptors (Lipinski definition) is 1. The standard InChI is InChI=1S/C9H6BrClO/c1-5-9(10)8-6(11)3-2-4-7(8)12-5/h2-4H,1H3. The Kier molecular flexibility index (Phi) is 1.89. The zero-order chi connectivity index (χ0) is 8.72. The summed E-state index contributed by atoms with van der Waals surface area (Å²) in [5.41, 5.74) is 0.826. The van der Waals surface area contributed by atoms with Crippen LogP contribution in [0.3, 0.4) is 0 Å². The topological polar surface area (TPSA) is 13.1 Å². The van der Waals surface area contributed by atoms with E-state index in [0.29, 0.717) is 0 Å². The molecule has 0 amide bonds. The van der Waals surface area contributed by atoms with Crippen LogP contribution < -0.4 is 0 Å². The third kappa shape index (κ3) is 1.06. The quantitative estimate of drug-likeness (QED) is 0.679. The molecule has 0 aliphatic carbocycles. The normalized spacial score (nSPS) is 10.9. The van der Waals surface area contributed by atoms with E-state index in [1.807, 2.05) is 25.1 Å². The summed E-state index contributed by atoms with van der Waals surface area (Å²) >= 11 is 9.41. The van der Waals surface area contributed by atoms with Crippen LogP contribution in [0.1, 0.15) is 5.76 Å². The van der Waals surface area contributed by atoms with Gasteiger partial charge in [0.05, 0.1) is 14.9 Å². The van der Waals surface area contributed by atoms with Crippen molar-refractivity contribution >= 4 is 38.5 Å². The molecular formula is C9H6BrClO.